The van der Waals surface area contributed by atoms with Crippen LogP contribution in [-0.4, -0.2) is 17.7 Å². The highest BCUT2D eigenvalue weighted by molar-refractivity contribution is 14.1. The van der Waals surface area contributed by atoms with Crippen LogP contribution in [0.4, 0.5) is 0 Å². The number of phenolic OH excluding ortho intramolecular Hbond substituents is 1. The van der Waals surface area contributed by atoms with Crippen molar-refractivity contribution in [1.29, 1.82) is 0 Å². The number of ether oxygens (including phenoxy) is 1. The Morgan fingerprint density at radius 1 is 1.53 bits per heavy atom. The van der Waals surface area contributed by atoms with Crippen LogP contribution in [0.3, 0.4) is 0 Å². The van der Waals surface area contributed by atoms with Crippen molar-refractivity contribution in [3.63, 3.8) is 0 Å². The molecule has 1 rings (SSSR count). The summed E-state index contributed by atoms with van der Waals surface area (Å²) in [5, 5.41) is 9.58. The number of phenols is 1. The molecule has 1 aromatic rings. The van der Waals surface area contributed by atoms with Gasteiger partial charge in [0.15, 0.2) is 0 Å². The first-order valence-electron chi connectivity index (χ1n) is 4.77. The summed E-state index contributed by atoms with van der Waals surface area (Å²) in [5.74, 6) is 0.0164. The van der Waals surface area contributed by atoms with Gasteiger partial charge in [0.05, 0.1) is 6.61 Å². The van der Waals surface area contributed by atoms with Crippen molar-refractivity contribution in [3.05, 3.63) is 27.3 Å². The summed E-state index contributed by atoms with van der Waals surface area (Å²) in [6.45, 7) is 2.18. The minimum atomic E-state index is -0.225. The van der Waals surface area contributed by atoms with Crippen molar-refractivity contribution in [1.82, 2.24) is 0 Å². The van der Waals surface area contributed by atoms with Crippen LogP contribution in [0.25, 0.3) is 0 Å². The van der Waals surface area contributed by atoms with Gasteiger partial charge in [-0.1, -0.05) is 6.07 Å². The molecule has 0 radical (unpaired) electrons. The number of hydrogen-bond donors (Lipinski definition) is 1. The highest BCUT2D eigenvalue weighted by atomic mass is 127. The van der Waals surface area contributed by atoms with Gasteiger partial charge in [0.25, 0.3) is 0 Å². The SMILES string of the molecule is CCOC(=O)CCc1c(O)cccc1I. The number of aromatic hydroxyl groups is 1. The van der Waals surface area contributed by atoms with Crippen LogP contribution >= 0.6 is 22.6 Å². The van der Waals surface area contributed by atoms with Crippen LogP contribution in [0.5, 0.6) is 5.75 Å². The van der Waals surface area contributed by atoms with Crippen molar-refractivity contribution in [2.45, 2.75) is 19.8 Å². The molecular formula is C11H13IO3. The van der Waals surface area contributed by atoms with E-state index in [0.29, 0.717) is 19.4 Å². The Morgan fingerprint density at radius 3 is 2.87 bits per heavy atom. The lowest BCUT2D eigenvalue weighted by molar-refractivity contribution is -0.143. The lowest BCUT2D eigenvalue weighted by Gasteiger charge is -2.06. The summed E-state index contributed by atoms with van der Waals surface area (Å²) in [4.78, 5) is 11.1. The predicted octanol–water partition coefficient (Wildman–Crippen LogP) is 2.49. The fourth-order valence-corrected chi connectivity index (χ4v) is 2.01. The molecule has 0 bridgehead atoms. The highest BCUT2D eigenvalue weighted by Gasteiger charge is 2.08. The molecule has 1 N–H and O–H groups in total. The maximum atomic E-state index is 11.1. The zero-order valence-corrected chi connectivity index (χ0v) is 10.7. The standard InChI is InChI=1S/C11H13IO3/c1-2-15-11(14)7-6-8-9(12)4-3-5-10(8)13/h3-5,13H,2,6-7H2,1H3. The zero-order valence-electron chi connectivity index (χ0n) is 8.50. The van der Waals surface area contributed by atoms with Gasteiger partial charge < -0.3 is 9.84 Å². The van der Waals surface area contributed by atoms with E-state index in [-0.39, 0.29) is 11.7 Å². The highest BCUT2D eigenvalue weighted by Crippen LogP contribution is 2.23. The molecule has 0 aliphatic heterocycles. The van der Waals surface area contributed by atoms with Crippen LogP contribution in [0.1, 0.15) is 18.9 Å². The van der Waals surface area contributed by atoms with Crippen molar-refractivity contribution >= 4 is 28.6 Å². The molecule has 4 heteroatoms. The Hall–Kier alpha value is -0.780. The first-order valence-corrected chi connectivity index (χ1v) is 5.85. The van der Waals surface area contributed by atoms with Gasteiger partial charge in [-0.05, 0) is 48.1 Å². The van der Waals surface area contributed by atoms with Gasteiger partial charge in [-0.2, -0.15) is 0 Å². The van der Waals surface area contributed by atoms with E-state index in [4.69, 9.17) is 4.74 Å². The van der Waals surface area contributed by atoms with Gasteiger partial charge in [-0.3, -0.25) is 4.79 Å². The van der Waals surface area contributed by atoms with Gasteiger partial charge in [0, 0.05) is 15.6 Å². The molecule has 0 spiro atoms. The Bertz CT molecular complexity index is 329. The van der Waals surface area contributed by atoms with Crippen molar-refractivity contribution in [2.24, 2.45) is 0 Å². The van der Waals surface area contributed by atoms with Crippen molar-refractivity contribution in [2.75, 3.05) is 6.61 Å². The summed E-state index contributed by atoms with van der Waals surface area (Å²) in [6, 6.07) is 5.31. The van der Waals surface area contributed by atoms with Crippen LogP contribution in [-0.2, 0) is 16.0 Å². The minimum absolute atomic E-state index is 0.225. The second-order valence-corrected chi connectivity index (χ2v) is 4.20. The molecule has 0 unspecified atom stereocenters. The Balaban J connectivity index is 2.61. The second-order valence-electron chi connectivity index (χ2n) is 3.04. The number of esters is 1. The van der Waals surface area contributed by atoms with Crippen LogP contribution in [0.2, 0.25) is 0 Å². The van der Waals surface area contributed by atoms with Crippen molar-refractivity contribution < 1.29 is 14.6 Å². The van der Waals surface area contributed by atoms with Crippen LogP contribution in [0.15, 0.2) is 18.2 Å². The van der Waals surface area contributed by atoms with Gasteiger partial charge in [-0.25, -0.2) is 0 Å². The van der Waals surface area contributed by atoms with Crippen molar-refractivity contribution in [3.8, 4) is 5.75 Å². The molecule has 0 amide bonds. The maximum absolute atomic E-state index is 11.1. The molecule has 0 aliphatic rings. The first kappa shape index (κ1) is 12.3. The average molecular weight is 320 g/mol. The van der Waals surface area contributed by atoms with E-state index in [1.54, 1.807) is 19.1 Å². The van der Waals surface area contributed by atoms with E-state index in [0.717, 1.165) is 9.13 Å². The second kappa shape index (κ2) is 5.95. The molecule has 0 heterocycles. The molecule has 0 aromatic heterocycles. The van der Waals surface area contributed by atoms with Gasteiger partial charge in [-0.15, -0.1) is 0 Å². The van der Waals surface area contributed by atoms with E-state index in [9.17, 15) is 9.90 Å². The molecule has 15 heavy (non-hydrogen) atoms. The molecule has 1 aromatic carbocycles. The third-order valence-corrected chi connectivity index (χ3v) is 2.99. The molecule has 0 aliphatic carbocycles. The Kier molecular flexibility index (Phi) is 4.87. The smallest absolute Gasteiger partial charge is 0.306 e. The summed E-state index contributed by atoms with van der Waals surface area (Å²) >= 11 is 2.14. The summed E-state index contributed by atoms with van der Waals surface area (Å²) in [6.07, 6.45) is 0.825. The number of hydrogen-bond acceptors (Lipinski definition) is 3. The van der Waals surface area contributed by atoms with Crippen LogP contribution in [0, 0.1) is 3.57 Å². The lowest BCUT2D eigenvalue weighted by Crippen LogP contribution is -2.05. The van der Waals surface area contributed by atoms with Crippen LogP contribution < -0.4 is 0 Å². The number of carbonyl (C=O) groups excluding carboxylic acids is 1. The molecule has 0 atom stereocenters. The maximum Gasteiger partial charge on any atom is 0.306 e. The van der Waals surface area contributed by atoms with Gasteiger partial charge >= 0.3 is 5.97 Å². The number of rotatable bonds is 4. The Morgan fingerprint density at radius 2 is 2.27 bits per heavy atom. The monoisotopic (exact) mass is 320 g/mol. The molecule has 0 saturated carbocycles. The van der Waals surface area contributed by atoms with E-state index < -0.39 is 0 Å². The number of halogens is 1. The normalized spacial score (nSPS) is 10.0. The van der Waals surface area contributed by atoms with E-state index in [2.05, 4.69) is 22.6 Å². The summed E-state index contributed by atoms with van der Waals surface area (Å²) < 4.78 is 5.79. The van der Waals surface area contributed by atoms with E-state index >= 15 is 0 Å². The third-order valence-electron chi connectivity index (χ3n) is 1.98. The lowest BCUT2D eigenvalue weighted by atomic mass is 10.1. The topological polar surface area (TPSA) is 46.5 Å². The molecule has 0 saturated heterocycles. The fourth-order valence-electron chi connectivity index (χ4n) is 1.25. The molecule has 82 valence electrons. The summed E-state index contributed by atoms with van der Waals surface area (Å²) in [5.41, 5.74) is 0.811. The Labute approximate surface area is 103 Å². The zero-order chi connectivity index (χ0) is 11.3. The predicted molar refractivity (Wildman–Crippen MR) is 65.8 cm³/mol. The first-order chi connectivity index (χ1) is 7.15. The van der Waals surface area contributed by atoms with E-state index in [1.165, 1.54) is 0 Å². The number of benzene rings is 1. The average Bonchev–Trinajstić information content (AvgIpc) is 2.17. The largest absolute Gasteiger partial charge is 0.508 e. The molecule has 0 fully saturated rings. The van der Waals surface area contributed by atoms with Gasteiger partial charge in [0.1, 0.15) is 5.75 Å². The number of carbonyl (C=O) groups is 1. The van der Waals surface area contributed by atoms with E-state index in [1.807, 2.05) is 6.07 Å². The molecule has 3 nitrogen and oxygen atoms in total. The minimum Gasteiger partial charge on any atom is -0.508 e. The third kappa shape index (κ3) is 3.70. The van der Waals surface area contributed by atoms with Gasteiger partial charge in [0.2, 0.25) is 0 Å². The quantitative estimate of drug-likeness (QED) is 0.685. The molecular weight excluding hydrogens is 307 g/mol. The fraction of sp³-hybridized carbons (Fsp3) is 0.364. The summed E-state index contributed by atoms with van der Waals surface area (Å²) in [7, 11) is 0.